The minimum absolute atomic E-state index is 0.343. The second-order valence-electron chi connectivity index (χ2n) is 4.48. The molecule has 0 fully saturated rings. The van der Waals surface area contributed by atoms with E-state index in [1.165, 1.54) is 11.8 Å². The number of ether oxygens (including phenoxy) is 1. The molecule has 0 saturated carbocycles. The van der Waals surface area contributed by atoms with E-state index < -0.39 is 0 Å². The van der Waals surface area contributed by atoms with Crippen LogP contribution in [0.5, 0.6) is 0 Å². The predicted octanol–water partition coefficient (Wildman–Crippen LogP) is 1.61. The van der Waals surface area contributed by atoms with Crippen LogP contribution in [0.2, 0.25) is 0 Å². The van der Waals surface area contributed by atoms with Gasteiger partial charge in [0.05, 0.1) is 19.1 Å². The van der Waals surface area contributed by atoms with Gasteiger partial charge in [-0.2, -0.15) is 0 Å². The van der Waals surface area contributed by atoms with Crippen LogP contribution in [0.3, 0.4) is 0 Å². The van der Waals surface area contributed by atoms with Gasteiger partial charge in [0.2, 0.25) is 0 Å². The van der Waals surface area contributed by atoms with E-state index >= 15 is 0 Å². The molecular formula is C15H19N3O2. The van der Waals surface area contributed by atoms with Gasteiger partial charge in [0.25, 0.3) is 0 Å². The Bertz CT molecular complexity index is 561. The van der Waals surface area contributed by atoms with Crippen molar-refractivity contribution >= 4 is 5.97 Å². The Labute approximate surface area is 118 Å². The van der Waals surface area contributed by atoms with E-state index in [1.54, 1.807) is 17.8 Å². The first-order valence-electron chi connectivity index (χ1n) is 6.69. The highest BCUT2D eigenvalue weighted by Gasteiger charge is 2.12. The number of carbonyl (C=O) groups excluding carboxylic acids is 1. The van der Waals surface area contributed by atoms with Gasteiger partial charge in [0.1, 0.15) is 5.69 Å². The lowest BCUT2D eigenvalue weighted by molar-refractivity contribution is 0.0514. The second kappa shape index (κ2) is 6.86. The van der Waals surface area contributed by atoms with Crippen molar-refractivity contribution in [3.05, 3.63) is 53.6 Å². The van der Waals surface area contributed by atoms with Gasteiger partial charge in [-0.3, -0.25) is 0 Å². The van der Waals surface area contributed by atoms with Crippen molar-refractivity contribution in [2.75, 3.05) is 13.2 Å². The van der Waals surface area contributed by atoms with Crippen LogP contribution < -0.4 is 5.73 Å². The lowest BCUT2D eigenvalue weighted by Crippen LogP contribution is -2.12. The molecule has 5 nitrogen and oxygen atoms in total. The average Bonchev–Trinajstić information content (AvgIpc) is 2.90. The maximum Gasteiger partial charge on any atom is 0.356 e. The van der Waals surface area contributed by atoms with Crippen molar-refractivity contribution in [1.29, 1.82) is 0 Å². The number of imidazole rings is 1. The van der Waals surface area contributed by atoms with Gasteiger partial charge in [-0.25, -0.2) is 9.78 Å². The van der Waals surface area contributed by atoms with Crippen LogP contribution in [0.1, 0.15) is 28.5 Å². The fourth-order valence-electron chi connectivity index (χ4n) is 2.00. The first kappa shape index (κ1) is 14.3. The minimum Gasteiger partial charge on any atom is -0.461 e. The van der Waals surface area contributed by atoms with Gasteiger partial charge in [0.15, 0.2) is 0 Å². The third-order valence-corrected chi connectivity index (χ3v) is 3.01. The molecule has 0 unspecified atom stereocenters. The van der Waals surface area contributed by atoms with E-state index in [4.69, 9.17) is 10.5 Å². The van der Waals surface area contributed by atoms with Gasteiger partial charge in [-0.05, 0) is 31.0 Å². The van der Waals surface area contributed by atoms with Gasteiger partial charge in [-0.15, -0.1) is 0 Å². The number of aromatic nitrogens is 2. The van der Waals surface area contributed by atoms with E-state index in [9.17, 15) is 4.79 Å². The molecule has 2 aromatic rings. The Morgan fingerprint density at radius 3 is 2.65 bits per heavy atom. The highest BCUT2D eigenvalue weighted by Crippen LogP contribution is 2.09. The zero-order valence-electron chi connectivity index (χ0n) is 11.6. The van der Waals surface area contributed by atoms with Crippen LogP contribution >= 0.6 is 0 Å². The molecule has 0 radical (unpaired) electrons. The molecule has 0 atom stereocenters. The van der Waals surface area contributed by atoms with Crippen molar-refractivity contribution in [2.45, 2.75) is 19.9 Å². The smallest absolute Gasteiger partial charge is 0.356 e. The Morgan fingerprint density at radius 1 is 1.30 bits per heavy atom. The summed E-state index contributed by atoms with van der Waals surface area (Å²) in [6.07, 6.45) is 4.04. The standard InChI is InChI=1S/C15H19N3O2/c1-2-20-15(19)14-9-17-11-18(14)10-13-5-3-12(4-6-13)7-8-16/h3-6,9,11H,2,7-8,10,16H2,1H3. The van der Waals surface area contributed by atoms with E-state index in [1.807, 2.05) is 12.1 Å². The summed E-state index contributed by atoms with van der Waals surface area (Å²) in [5.41, 5.74) is 8.32. The first-order chi connectivity index (χ1) is 9.74. The second-order valence-corrected chi connectivity index (χ2v) is 4.48. The molecule has 20 heavy (non-hydrogen) atoms. The van der Waals surface area contributed by atoms with E-state index in [0.29, 0.717) is 25.4 Å². The summed E-state index contributed by atoms with van der Waals surface area (Å²) in [4.78, 5) is 15.8. The van der Waals surface area contributed by atoms with Gasteiger partial charge < -0.3 is 15.0 Å². The Morgan fingerprint density at radius 2 is 2.00 bits per heavy atom. The van der Waals surface area contributed by atoms with E-state index in [0.717, 1.165) is 12.0 Å². The minimum atomic E-state index is -0.343. The maximum absolute atomic E-state index is 11.8. The molecule has 0 saturated heterocycles. The van der Waals surface area contributed by atoms with Gasteiger partial charge >= 0.3 is 5.97 Å². The van der Waals surface area contributed by atoms with Crippen molar-refractivity contribution in [3.63, 3.8) is 0 Å². The lowest BCUT2D eigenvalue weighted by atomic mass is 10.1. The molecule has 0 spiro atoms. The molecule has 1 heterocycles. The van der Waals surface area contributed by atoms with E-state index in [-0.39, 0.29) is 5.97 Å². The molecular weight excluding hydrogens is 254 g/mol. The normalized spacial score (nSPS) is 10.5. The molecule has 2 rings (SSSR count). The highest BCUT2D eigenvalue weighted by atomic mass is 16.5. The third kappa shape index (κ3) is 3.45. The number of esters is 1. The van der Waals surface area contributed by atoms with Crippen LogP contribution in [0.25, 0.3) is 0 Å². The zero-order chi connectivity index (χ0) is 14.4. The number of nitrogens with two attached hydrogens (primary N) is 1. The lowest BCUT2D eigenvalue weighted by Gasteiger charge is -2.08. The number of hydrogen-bond donors (Lipinski definition) is 1. The highest BCUT2D eigenvalue weighted by molar-refractivity contribution is 5.87. The number of hydrogen-bond acceptors (Lipinski definition) is 4. The third-order valence-electron chi connectivity index (χ3n) is 3.01. The molecule has 1 aromatic heterocycles. The molecule has 1 aromatic carbocycles. The predicted molar refractivity (Wildman–Crippen MR) is 76.5 cm³/mol. The summed E-state index contributed by atoms with van der Waals surface area (Å²) in [7, 11) is 0. The summed E-state index contributed by atoms with van der Waals surface area (Å²) in [6.45, 7) is 3.39. The first-order valence-corrected chi connectivity index (χ1v) is 6.69. The summed E-state index contributed by atoms with van der Waals surface area (Å²) in [5.74, 6) is -0.343. The summed E-state index contributed by atoms with van der Waals surface area (Å²) >= 11 is 0. The van der Waals surface area contributed by atoms with Gasteiger partial charge in [-0.1, -0.05) is 24.3 Å². The summed E-state index contributed by atoms with van der Waals surface area (Å²) in [6, 6.07) is 8.20. The number of nitrogens with zero attached hydrogens (tertiary/aromatic N) is 2. The molecule has 106 valence electrons. The van der Waals surface area contributed by atoms with Crippen LogP contribution in [0.4, 0.5) is 0 Å². The molecule has 5 heteroatoms. The van der Waals surface area contributed by atoms with Crippen LogP contribution in [-0.2, 0) is 17.7 Å². The summed E-state index contributed by atoms with van der Waals surface area (Å²) in [5, 5.41) is 0. The fourth-order valence-corrected chi connectivity index (χ4v) is 2.00. The van der Waals surface area contributed by atoms with Crippen molar-refractivity contribution in [3.8, 4) is 0 Å². The molecule has 0 aliphatic carbocycles. The molecule has 0 bridgehead atoms. The SMILES string of the molecule is CCOC(=O)c1cncn1Cc1ccc(CCN)cc1. The molecule has 0 aliphatic heterocycles. The number of benzene rings is 1. The van der Waals surface area contributed by atoms with Crippen molar-refractivity contribution < 1.29 is 9.53 Å². The Kier molecular flexibility index (Phi) is 4.90. The van der Waals surface area contributed by atoms with Crippen LogP contribution in [0, 0.1) is 0 Å². The fraction of sp³-hybridized carbons (Fsp3) is 0.333. The Hall–Kier alpha value is -2.14. The number of carbonyl (C=O) groups is 1. The van der Waals surface area contributed by atoms with Crippen LogP contribution in [-0.4, -0.2) is 28.7 Å². The molecule has 2 N–H and O–H groups in total. The van der Waals surface area contributed by atoms with Gasteiger partial charge in [0, 0.05) is 6.54 Å². The van der Waals surface area contributed by atoms with Crippen molar-refractivity contribution in [2.24, 2.45) is 5.73 Å². The summed E-state index contributed by atoms with van der Waals surface area (Å²) < 4.78 is 6.79. The zero-order valence-corrected chi connectivity index (χ0v) is 11.6. The van der Waals surface area contributed by atoms with E-state index in [2.05, 4.69) is 17.1 Å². The quantitative estimate of drug-likeness (QED) is 0.812. The maximum atomic E-state index is 11.8. The van der Waals surface area contributed by atoms with Crippen LogP contribution in [0.15, 0.2) is 36.8 Å². The topological polar surface area (TPSA) is 70.1 Å². The largest absolute Gasteiger partial charge is 0.461 e. The Balaban J connectivity index is 2.10. The van der Waals surface area contributed by atoms with Crippen molar-refractivity contribution in [1.82, 2.24) is 9.55 Å². The molecule has 0 aliphatic rings. The average molecular weight is 273 g/mol. The monoisotopic (exact) mass is 273 g/mol. The number of rotatable bonds is 6. The molecule has 0 amide bonds.